The Hall–Kier alpha value is -2.16. The lowest BCUT2D eigenvalue weighted by molar-refractivity contribution is -0.135. The predicted molar refractivity (Wildman–Crippen MR) is 73.6 cm³/mol. The van der Waals surface area contributed by atoms with Gasteiger partial charge in [0.15, 0.2) is 0 Å². The SMILES string of the molecule is CC1=CC=C2C(C1)C(=O)C(=O)N2c1ccccc1C. The molecule has 96 valence electrons. The topological polar surface area (TPSA) is 37.4 Å². The van der Waals surface area contributed by atoms with Gasteiger partial charge in [-0.1, -0.05) is 29.8 Å². The largest absolute Gasteiger partial charge is 0.299 e. The summed E-state index contributed by atoms with van der Waals surface area (Å²) in [6, 6.07) is 7.65. The van der Waals surface area contributed by atoms with Gasteiger partial charge >= 0.3 is 0 Å². The van der Waals surface area contributed by atoms with Gasteiger partial charge in [-0.15, -0.1) is 0 Å². The van der Waals surface area contributed by atoms with Crippen LogP contribution in [0.3, 0.4) is 0 Å². The predicted octanol–water partition coefficient (Wildman–Crippen LogP) is 2.76. The molecule has 1 aromatic rings. The minimum Gasteiger partial charge on any atom is -0.288 e. The van der Waals surface area contributed by atoms with E-state index < -0.39 is 5.91 Å². The summed E-state index contributed by atoms with van der Waals surface area (Å²) in [4.78, 5) is 25.9. The van der Waals surface area contributed by atoms with Crippen molar-refractivity contribution in [3.05, 3.63) is 53.3 Å². The second-order valence-electron chi connectivity index (χ2n) is 5.15. The van der Waals surface area contributed by atoms with E-state index in [4.69, 9.17) is 0 Å². The van der Waals surface area contributed by atoms with Gasteiger partial charge in [0.05, 0.1) is 11.6 Å². The zero-order valence-electron chi connectivity index (χ0n) is 11.0. The van der Waals surface area contributed by atoms with Crippen LogP contribution in [0.25, 0.3) is 0 Å². The summed E-state index contributed by atoms with van der Waals surface area (Å²) < 4.78 is 0. The minimum absolute atomic E-state index is 0.290. The number of amides is 1. The minimum atomic E-state index is -0.409. The number of nitrogens with zero attached hydrogens (tertiary/aromatic N) is 1. The van der Waals surface area contributed by atoms with Gasteiger partial charge in [0, 0.05) is 5.70 Å². The number of hydrogen-bond donors (Lipinski definition) is 0. The summed E-state index contributed by atoms with van der Waals surface area (Å²) >= 11 is 0. The normalized spacial score (nSPS) is 22.2. The molecule has 3 rings (SSSR count). The van der Waals surface area contributed by atoms with Crippen LogP contribution in [0.4, 0.5) is 5.69 Å². The third-order valence-corrected chi connectivity index (χ3v) is 3.77. The third kappa shape index (κ3) is 1.73. The van der Waals surface area contributed by atoms with Crippen LogP contribution in [0.5, 0.6) is 0 Å². The molecular formula is C16H15NO2. The van der Waals surface area contributed by atoms with Gasteiger partial charge in [-0.3, -0.25) is 14.5 Å². The quantitative estimate of drug-likeness (QED) is 0.722. The highest BCUT2D eigenvalue weighted by Crippen LogP contribution is 2.38. The van der Waals surface area contributed by atoms with Crippen LogP contribution < -0.4 is 4.90 Å². The van der Waals surface area contributed by atoms with E-state index in [1.165, 1.54) is 0 Å². The molecule has 1 amide bonds. The first-order valence-electron chi connectivity index (χ1n) is 6.41. The van der Waals surface area contributed by atoms with Crippen molar-refractivity contribution in [3.8, 4) is 0 Å². The number of para-hydroxylation sites is 1. The van der Waals surface area contributed by atoms with Crippen molar-refractivity contribution in [2.24, 2.45) is 5.92 Å². The second kappa shape index (κ2) is 4.19. The van der Waals surface area contributed by atoms with Gasteiger partial charge in [0.25, 0.3) is 5.91 Å². The number of rotatable bonds is 1. The number of carbonyl (C=O) groups is 2. The highest BCUT2D eigenvalue weighted by molar-refractivity contribution is 6.46. The Kier molecular flexibility index (Phi) is 2.63. The van der Waals surface area contributed by atoms with Gasteiger partial charge in [-0.05, 0) is 38.0 Å². The Balaban J connectivity index is 2.13. The van der Waals surface area contributed by atoms with Crippen molar-refractivity contribution in [2.75, 3.05) is 4.90 Å². The van der Waals surface area contributed by atoms with Crippen molar-refractivity contribution >= 4 is 17.4 Å². The average molecular weight is 253 g/mol. The van der Waals surface area contributed by atoms with Crippen LogP contribution >= 0.6 is 0 Å². The van der Waals surface area contributed by atoms with E-state index in [1.807, 2.05) is 50.3 Å². The fourth-order valence-corrected chi connectivity index (χ4v) is 2.74. The first kappa shape index (κ1) is 11.9. The van der Waals surface area contributed by atoms with Crippen LogP contribution in [0.2, 0.25) is 0 Å². The van der Waals surface area contributed by atoms with Crippen molar-refractivity contribution in [1.29, 1.82) is 0 Å². The zero-order valence-corrected chi connectivity index (χ0v) is 11.0. The Labute approximate surface area is 112 Å². The molecule has 0 bridgehead atoms. The Bertz CT molecular complexity index is 640. The standard InChI is InChI=1S/C16H15NO2/c1-10-7-8-14-12(9-10)15(18)16(19)17(14)13-6-4-3-5-11(13)2/h3-8,12H,9H2,1-2H3. The molecule has 0 aromatic heterocycles. The van der Waals surface area contributed by atoms with Gasteiger partial charge in [0.1, 0.15) is 0 Å². The molecule has 1 heterocycles. The number of fused-ring (bicyclic) bond motifs is 1. The van der Waals surface area contributed by atoms with E-state index in [2.05, 4.69) is 0 Å². The van der Waals surface area contributed by atoms with Crippen LogP contribution in [-0.4, -0.2) is 11.7 Å². The lowest BCUT2D eigenvalue weighted by Crippen LogP contribution is -2.26. The van der Waals surface area contributed by atoms with Crippen molar-refractivity contribution in [1.82, 2.24) is 0 Å². The first-order chi connectivity index (χ1) is 9.09. The number of ketones is 1. The summed E-state index contributed by atoms with van der Waals surface area (Å²) in [5.41, 5.74) is 3.76. The van der Waals surface area contributed by atoms with Crippen molar-refractivity contribution in [2.45, 2.75) is 20.3 Å². The molecule has 0 saturated carbocycles. The first-order valence-corrected chi connectivity index (χ1v) is 6.41. The molecule has 0 N–H and O–H groups in total. The summed E-state index contributed by atoms with van der Waals surface area (Å²) in [6.45, 7) is 3.94. The van der Waals surface area contributed by atoms with Crippen LogP contribution in [0, 0.1) is 12.8 Å². The zero-order chi connectivity index (χ0) is 13.6. The molecule has 2 aliphatic rings. The fourth-order valence-electron chi connectivity index (χ4n) is 2.74. The maximum Gasteiger partial charge on any atom is 0.299 e. The van der Waals surface area contributed by atoms with E-state index in [0.29, 0.717) is 6.42 Å². The number of aryl methyl sites for hydroxylation is 1. The maximum absolute atomic E-state index is 12.2. The molecule has 1 atom stereocenters. The monoisotopic (exact) mass is 253 g/mol. The van der Waals surface area contributed by atoms with E-state index in [0.717, 1.165) is 22.5 Å². The maximum atomic E-state index is 12.2. The Morgan fingerprint density at radius 1 is 1.11 bits per heavy atom. The second-order valence-corrected chi connectivity index (χ2v) is 5.15. The number of benzene rings is 1. The molecule has 1 aliphatic carbocycles. The molecule has 1 saturated heterocycles. The lowest BCUT2D eigenvalue weighted by Gasteiger charge is -2.23. The summed E-state index contributed by atoms with van der Waals surface area (Å²) in [5, 5.41) is 0. The summed E-state index contributed by atoms with van der Waals surface area (Å²) in [6.07, 6.45) is 4.54. The van der Waals surface area contributed by atoms with Crippen molar-refractivity contribution in [3.63, 3.8) is 0 Å². The number of allylic oxidation sites excluding steroid dienone is 4. The van der Waals surface area contributed by atoms with Crippen LogP contribution in [0.15, 0.2) is 47.7 Å². The van der Waals surface area contributed by atoms with E-state index in [9.17, 15) is 9.59 Å². The highest BCUT2D eigenvalue weighted by atomic mass is 16.2. The Morgan fingerprint density at radius 2 is 1.84 bits per heavy atom. The lowest BCUT2D eigenvalue weighted by atomic mass is 9.91. The number of carbonyl (C=O) groups excluding carboxylic acids is 2. The number of Topliss-reactive ketones (excluding diaryl/α,β-unsaturated/α-hetero) is 1. The third-order valence-electron chi connectivity index (χ3n) is 3.77. The molecule has 1 fully saturated rings. The van der Waals surface area contributed by atoms with Gasteiger partial charge in [0.2, 0.25) is 5.78 Å². The van der Waals surface area contributed by atoms with Gasteiger partial charge in [-0.2, -0.15) is 0 Å². The molecule has 19 heavy (non-hydrogen) atoms. The summed E-state index contributed by atoms with van der Waals surface area (Å²) in [5.74, 6) is -0.993. The van der Waals surface area contributed by atoms with E-state index in [1.54, 1.807) is 4.90 Å². The summed E-state index contributed by atoms with van der Waals surface area (Å²) in [7, 11) is 0. The molecule has 3 heteroatoms. The molecular weight excluding hydrogens is 238 g/mol. The molecule has 0 radical (unpaired) electrons. The van der Waals surface area contributed by atoms with E-state index in [-0.39, 0.29) is 11.7 Å². The molecule has 1 unspecified atom stereocenters. The van der Waals surface area contributed by atoms with Crippen molar-refractivity contribution < 1.29 is 9.59 Å². The molecule has 0 spiro atoms. The fraction of sp³-hybridized carbons (Fsp3) is 0.250. The van der Waals surface area contributed by atoms with Crippen LogP contribution in [0.1, 0.15) is 18.9 Å². The molecule has 1 aromatic carbocycles. The highest BCUT2D eigenvalue weighted by Gasteiger charge is 2.44. The smallest absolute Gasteiger partial charge is 0.288 e. The molecule has 3 nitrogen and oxygen atoms in total. The Morgan fingerprint density at radius 3 is 2.58 bits per heavy atom. The average Bonchev–Trinajstić information content (AvgIpc) is 2.64. The van der Waals surface area contributed by atoms with Crippen LogP contribution in [-0.2, 0) is 9.59 Å². The number of anilines is 1. The van der Waals surface area contributed by atoms with Gasteiger partial charge < -0.3 is 0 Å². The number of hydrogen-bond acceptors (Lipinski definition) is 2. The molecule has 1 aliphatic heterocycles. The van der Waals surface area contributed by atoms with E-state index >= 15 is 0 Å². The van der Waals surface area contributed by atoms with Gasteiger partial charge in [-0.25, -0.2) is 0 Å².